The lowest BCUT2D eigenvalue weighted by atomic mass is 10.0. The van der Waals surface area contributed by atoms with E-state index in [0.717, 1.165) is 22.4 Å². The van der Waals surface area contributed by atoms with Crippen molar-refractivity contribution in [3.05, 3.63) is 57.9 Å². The maximum absolute atomic E-state index is 13.7. The highest BCUT2D eigenvalue weighted by atomic mass is 19.1. The van der Waals surface area contributed by atoms with E-state index in [2.05, 4.69) is 6.07 Å². The minimum atomic E-state index is -0.790. The van der Waals surface area contributed by atoms with Gasteiger partial charge in [-0.1, -0.05) is 6.07 Å². The molecule has 0 aromatic heterocycles. The van der Waals surface area contributed by atoms with Crippen molar-refractivity contribution in [2.45, 2.75) is 40.7 Å². The fourth-order valence-corrected chi connectivity index (χ4v) is 2.31. The maximum atomic E-state index is 13.7. The molecule has 1 N–H and O–H groups in total. The minimum absolute atomic E-state index is 0.338. The number of aliphatic hydroxyl groups excluding tert-OH is 1. The van der Waals surface area contributed by atoms with Crippen molar-refractivity contribution in [2.75, 3.05) is 0 Å². The molecule has 0 saturated carbocycles. The molecule has 3 heteroatoms. The Kier molecular flexibility index (Phi) is 4.33. The Labute approximate surface area is 125 Å². The van der Waals surface area contributed by atoms with E-state index >= 15 is 0 Å². The van der Waals surface area contributed by atoms with E-state index in [1.54, 1.807) is 19.9 Å². The van der Waals surface area contributed by atoms with Crippen LogP contribution < -0.4 is 4.74 Å². The highest BCUT2D eigenvalue weighted by molar-refractivity contribution is 5.47. The van der Waals surface area contributed by atoms with Crippen LogP contribution in [0, 0.1) is 33.5 Å². The van der Waals surface area contributed by atoms with Gasteiger partial charge in [0.25, 0.3) is 0 Å². The molecule has 0 saturated heterocycles. The van der Waals surface area contributed by atoms with Gasteiger partial charge in [0.15, 0.2) is 0 Å². The summed E-state index contributed by atoms with van der Waals surface area (Å²) in [6.45, 7) is 9.31. The molecular weight excluding hydrogens is 267 g/mol. The second-order valence-corrected chi connectivity index (χ2v) is 5.62. The van der Waals surface area contributed by atoms with E-state index in [1.165, 1.54) is 6.07 Å². The highest BCUT2D eigenvalue weighted by Gasteiger charge is 2.15. The van der Waals surface area contributed by atoms with Gasteiger partial charge in [0, 0.05) is 5.56 Å². The van der Waals surface area contributed by atoms with Gasteiger partial charge in [0.05, 0.1) is 6.10 Å². The van der Waals surface area contributed by atoms with Gasteiger partial charge < -0.3 is 9.84 Å². The fourth-order valence-electron chi connectivity index (χ4n) is 2.31. The van der Waals surface area contributed by atoms with Crippen LogP contribution in [-0.4, -0.2) is 5.11 Å². The lowest BCUT2D eigenvalue weighted by Crippen LogP contribution is -2.00. The molecule has 0 radical (unpaired) electrons. The van der Waals surface area contributed by atoms with E-state index in [1.807, 2.05) is 26.8 Å². The van der Waals surface area contributed by atoms with Crippen LogP contribution in [0.15, 0.2) is 24.3 Å². The van der Waals surface area contributed by atoms with Gasteiger partial charge in [0.1, 0.15) is 17.3 Å². The molecule has 2 aromatic carbocycles. The molecular formula is C18H21FO2. The molecule has 2 nitrogen and oxygen atoms in total. The van der Waals surface area contributed by atoms with E-state index < -0.39 is 6.10 Å². The van der Waals surface area contributed by atoms with Gasteiger partial charge in [-0.05, 0) is 75.1 Å². The molecule has 0 spiro atoms. The fraction of sp³-hybridized carbons (Fsp3) is 0.333. The molecule has 0 fully saturated rings. The largest absolute Gasteiger partial charge is 0.457 e. The van der Waals surface area contributed by atoms with Gasteiger partial charge in [-0.25, -0.2) is 4.39 Å². The first kappa shape index (κ1) is 15.5. The number of rotatable bonds is 3. The summed E-state index contributed by atoms with van der Waals surface area (Å²) in [6.07, 6.45) is -0.790. The van der Waals surface area contributed by atoms with E-state index in [-0.39, 0.29) is 5.82 Å². The summed E-state index contributed by atoms with van der Waals surface area (Å²) in [5, 5.41) is 9.83. The summed E-state index contributed by atoms with van der Waals surface area (Å²) in [5.41, 5.74) is 4.24. The number of benzene rings is 2. The Bertz CT molecular complexity index is 675. The molecule has 0 aliphatic rings. The Balaban J connectivity index is 2.51. The van der Waals surface area contributed by atoms with Crippen LogP contribution in [0.5, 0.6) is 11.5 Å². The number of hydrogen-bond acceptors (Lipinski definition) is 2. The first-order valence-corrected chi connectivity index (χ1v) is 7.03. The summed E-state index contributed by atoms with van der Waals surface area (Å²) in [7, 11) is 0. The molecule has 0 aliphatic carbocycles. The predicted octanol–water partition coefficient (Wildman–Crippen LogP) is 4.90. The zero-order valence-corrected chi connectivity index (χ0v) is 13.1. The van der Waals surface area contributed by atoms with E-state index in [4.69, 9.17) is 4.74 Å². The van der Waals surface area contributed by atoms with Crippen LogP contribution in [0.3, 0.4) is 0 Å². The van der Waals surface area contributed by atoms with Crippen molar-refractivity contribution in [1.82, 2.24) is 0 Å². The number of hydrogen-bond donors (Lipinski definition) is 1. The highest BCUT2D eigenvalue weighted by Crippen LogP contribution is 2.34. The molecule has 0 aliphatic heterocycles. The third kappa shape index (κ3) is 3.24. The summed E-state index contributed by atoms with van der Waals surface area (Å²) < 4.78 is 19.7. The van der Waals surface area contributed by atoms with Gasteiger partial charge in [-0.3, -0.25) is 0 Å². The van der Waals surface area contributed by atoms with E-state index in [0.29, 0.717) is 16.9 Å². The monoisotopic (exact) mass is 288 g/mol. The number of halogens is 1. The number of aliphatic hydroxyl groups is 1. The van der Waals surface area contributed by atoms with Crippen molar-refractivity contribution in [3.8, 4) is 11.5 Å². The van der Waals surface area contributed by atoms with Crippen molar-refractivity contribution in [3.63, 3.8) is 0 Å². The zero-order chi connectivity index (χ0) is 15.7. The molecule has 2 aromatic rings. The Morgan fingerprint density at radius 2 is 1.62 bits per heavy atom. The van der Waals surface area contributed by atoms with Crippen LogP contribution in [0.2, 0.25) is 0 Å². The Morgan fingerprint density at radius 3 is 2.24 bits per heavy atom. The summed E-state index contributed by atoms with van der Waals surface area (Å²) in [5.74, 6) is 0.896. The topological polar surface area (TPSA) is 29.5 Å². The van der Waals surface area contributed by atoms with Gasteiger partial charge >= 0.3 is 0 Å². The first-order chi connectivity index (χ1) is 9.79. The van der Waals surface area contributed by atoms with Crippen molar-refractivity contribution in [1.29, 1.82) is 0 Å². The average Bonchev–Trinajstić information content (AvgIpc) is 2.39. The second kappa shape index (κ2) is 5.86. The Morgan fingerprint density at radius 1 is 0.952 bits per heavy atom. The van der Waals surface area contributed by atoms with Gasteiger partial charge in [-0.2, -0.15) is 0 Å². The molecule has 0 unspecified atom stereocenters. The van der Waals surface area contributed by atoms with Crippen molar-refractivity contribution >= 4 is 0 Å². The van der Waals surface area contributed by atoms with Crippen molar-refractivity contribution < 1.29 is 14.2 Å². The van der Waals surface area contributed by atoms with Crippen LogP contribution in [0.1, 0.15) is 40.8 Å². The standard InChI is InChI=1S/C18H21FO2/c1-10-6-11(2)13(4)17(7-10)21-18-8-12(3)16(19)9-15(18)14(5)20/h6-9,14,20H,1-5H3/t14-/m1/s1. The summed E-state index contributed by atoms with van der Waals surface area (Å²) >= 11 is 0. The van der Waals surface area contributed by atoms with Crippen molar-refractivity contribution in [2.24, 2.45) is 0 Å². The van der Waals surface area contributed by atoms with Crippen LogP contribution in [0.25, 0.3) is 0 Å². The third-order valence-electron chi connectivity index (χ3n) is 3.73. The molecule has 0 amide bonds. The second-order valence-electron chi connectivity index (χ2n) is 5.62. The average molecular weight is 288 g/mol. The smallest absolute Gasteiger partial charge is 0.133 e. The number of ether oxygens (including phenoxy) is 1. The van der Waals surface area contributed by atoms with Gasteiger partial charge in [-0.15, -0.1) is 0 Å². The van der Waals surface area contributed by atoms with Gasteiger partial charge in [0.2, 0.25) is 0 Å². The minimum Gasteiger partial charge on any atom is -0.457 e. The zero-order valence-electron chi connectivity index (χ0n) is 13.1. The molecule has 2 rings (SSSR count). The Hall–Kier alpha value is -1.87. The van der Waals surface area contributed by atoms with E-state index in [9.17, 15) is 9.50 Å². The first-order valence-electron chi connectivity index (χ1n) is 7.03. The van der Waals surface area contributed by atoms with Crippen LogP contribution in [-0.2, 0) is 0 Å². The third-order valence-corrected chi connectivity index (χ3v) is 3.73. The SMILES string of the molecule is Cc1cc(C)c(C)c(Oc2cc(C)c(F)cc2[C@@H](C)O)c1. The summed E-state index contributed by atoms with van der Waals surface area (Å²) in [4.78, 5) is 0. The summed E-state index contributed by atoms with van der Waals surface area (Å²) in [6, 6.07) is 7.02. The van der Waals surface area contributed by atoms with Crippen LogP contribution in [0.4, 0.5) is 4.39 Å². The normalized spacial score (nSPS) is 12.3. The lowest BCUT2D eigenvalue weighted by Gasteiger charge is -2.17. The lowest BCUT2D eigenvalue weighted by molar-refractivity contribution is 0.195. The predicted molar refractivity (Wildman–Crippen MR) is 82.5 cm³/mol. The quantitative estimate of drug-likeness (QED) is 0.870. The molecule has 1 atom stereocenters. The molecule has 112 valence electrons. The molecule has 21 heavy (non-hydrogen) atoms. The van der Waals surface area contributed by atoms with Crippen LogP contribution >= 0.6 is 0 Å². The number of aryl methyl sites for hydroxylation is 3. The molecule has 0 bridgehead atoms. The molecule has 0 heterocycles. The maximum Gasteiger partial charge on any atom is 0.133 e.